The summed E-state index contributed by atoms with van der Waals surface area (Å²) in [4.78, 5) is 11.9. The van der Waals surface area contributed by atoms with Crippen molar-refractivity contribution in [2.75, 3.05) is 5.33 Å². The third kappa shape index (κ3) is 4.50. The van der Waals surface area contributed by atoms with Gasteiger partial charge in [0.15, 0.2) is 0 Å². The number of rotatable bonds is 4. The number of alkyl halides is 1. The molecule has 0 unspecified atom stereocenters. The van der Waals surface area contributed by atoms with Gasteiger partial charge in [-0.2, -0.15) is 0 Å². The summed E-state index contributed by atoms with van der Waals surface area (Å²) in [6.45, 7) is 8.15. The van der Waals surface area contributed by atoms with Crippen molar-refractivity contribution in [3.05, 3.63) is 34.9 Å². The summed E-state index contributed by atoms with van der Waals surface area (Å²) in [5.41, 5.74) is 3.36. The average Bonchev–Trinajstić information content (AvgIpc) is 2.23. The number of carbonyl (C=O) groups is 1. The monoisotopic (exact) mass is 297 g/mol. The minimum atomic E-state index is -0.198. The molecule has 0 aromatic heterocycles. The Kier molecular flexibility index (Phi) is 4.75. The number of hydrogen-bond donors (Lipinski definition) is 1. The van der Waals surface area contributed by atoms with Crippen LogP contribution in [0.5, 0.6) is 0 Å². The van der Waals surface area contributed by atoms with Gasteiger partial charge in [-0.05, 0) is 44.4 Å². The van der Waals surface area contributed by atoms with Crippen LogP contribution in [0.25, 0.3) is 0 Å². The van der Waals surface area contributed by atoms with E-state index in [1.807, 2.05) is 19.9 Å². The molecule has 0 fully saturated rings. The predicted octanol–water partition coefficient (Wildman–Crippen LogP) is 3.14. The van der Waals surface area contributed by atoms with Gasteiger partial charge in [0.05, 0.1) is 6.42 Å². The van der Waals surface area contributed by atoms with E-state index in [2.05, 4.69) is 47.2 Å². The Balaban J connectivity index is 2.65. The van der Waals surface area contributed by atoms with E-state index in [4.69, 9.17) is 0 Å². The summed E-state index contributed by atoms with van der Waals surface area (Å²) in [5.74, 6) is 0.0673. The zero-order chi connectivity index (χ0) is 13.1. The van der Waals surface area contributed by atoms with Crippen LogP contribution in [-0.2, 0) is 11.2 Å². The second-order valence-electron chi connectivity index (χ2n) is 5.16. The highest BCUT2D eigenvalue weighted by molar-refractivity contribution is 9.09. The SMILES string of the molecule is Cc1ccc(CC(=O)NC(C)(C)CBr)cc1C. The molecule has 0 aliphatic rings. The largest absolute Gasteiger partial charge is 0.350 e. The molecular formula is C14H20BrNO. The van der Waals surface area contributed by atoms with Gasteiger partial charge in [-0.3, -0.25) is 4.79 Å². The zero-order valence-corrected chi connectivity index (χ0v) is 12.5. The molecule has 0 bridgehead atoms. The van der Waals surface area contributed by atoms with Gasteiger partial charge >= 0.3 is 0 Å². The minimum Gasteiger partial charge on any atom is -0.350 e. The van der Waals surface area contributed by atoms with Gasteiger partial charge in [-0.25, -0.2) is 0 Å². The van der Waals surface area contributed by atoms with E-state index in [0.717, 1.165) is 10.9 Å². The van der Waals surface area contributed by atoms with Crippen LogP contribution in [0.3, 0.4) is 0 Å². The van der Waals surface area contributed by atoms with Crippen LogP contribution in [-0.4, -0.2) is 16.8 Å². The predicted molar refractivity (Wildman–Crippen MR) is 75.6 cm³/mol. The quantitative estimate of drug-likeness (QED) is 0.850. The number of hydrogen-bond acceptors (Lipinski definition) is 1. The van der Waals surface area contributed by atoms with E-state index in [-0.39, 0.29) is 11.4 Å². The van der Waals surface area contributed by atoms with E-state index in [1.165, 1.54) is 11.1 Å². The number of amides is 1. The number of aryl methyl sites for hydroxylation is 2. The van der Waals surface area contributed by atoms with Crippen LogP contribution in [0.2, 0.25) is 0 Å². The Morgan fingerprint density at radius 3 is 2.47 bits per heavy atom. The van der Waals surface area contributed by atoms with Crippen molar-refractivity contribution in [1.82, 2.24) is 5.32 Å². The number of halogens is 1. The molecule has 1 amide bonds. The smallest absolute Gasteiger partial charge is 0.224 e. The zero-order valence-electron chi connectivity index (χ0n) is 10.9. The van der Waals surface area contributed by atoms with Crippen LogP contribution in [0.15, 0.2) is 18.2 Å². The minimum absolute atomic E-state index is 0.0673. The van der Waals surface area contributed by atoms with Crippen molar-refractivity contribution in [2.45, 2.75) is 39.7 Å². The van der Waals surface area contributed by atoms with Gasteiger partial charge in [0, 0.05) is 10.9 Å². The molecule has 0 spiro atoms. The highest BCUT2D eigenvalue weighted by Crippen LogP contribution is 2.11. The lowest BCUT2D eigenvalue weighted by Gasteiger charge is -2.23. The fourth-order valence-electron chi connectivity index (χ4n) is 1.55. The van der Waals surface area contributed by atoms with Crippen LogP contribution in [0.4, 0.5) is 0 Å². The molecular weight excluding hydrogens is 278 g/mol. The summed E-state index contributed by atoms with van der Waals surface area (Å²) >= 11 is 3.39. The summed E-state index contributed by atoms with van der Waals surface area (Å²) in [5, 5.41) is 3.75. The van der Waals surface area contributed by atoms with Gasteiger partial charge in [-0.1, -0.05) is 34.1 Å². The van der Waals surface area contributed by atoms with Gasteiger partial charge in [-0.15, -0.1) is 0 Å². The average molecular weight is 298 g/mol. The third-order valence-corrected chi connectivity index (χ3v) is 4.15. The molecule has 0 aliphatic carbocycles. The Bertz CT molecular complexity index is 413. The number of nitrogens with one attached hydrogen (secondary N) is 1. The second kappa shape index (κ2) is 5.67. The molecule has 94 valence electrons. The first-order valence-electron chi connectivity index (χ1n) is 5.77. The molecule has 1 aromatic rings. The van der Waals surface area contributed by atoms with Crippen LogP contribution >= 0.6 is 15.9 Å². The topological polar surface area (TPSA) is 29.1 Å². The van der Waals surface area contributed by atoms with Gasteiger partial charge in [0.1, 0.15) is 0 Å². The Morgan fingerprint density at radius 2 is 1.94 bits per heavy atom. The molecule has 1 aromatic carbocycles. The molecule has 0 atom stereocenters. The van der Waals surface area contributed by atoms with E-state index in [0.29, 0.717) is 6.42 Å². The van der Waals surface area contributed by atoms with Crippen molar-refractivity contribution in [2.24, 2.45) is 0 Å². The molecule has 17 heavy (non-hydrogen) atoms. The lowest BCUT2D eigenvalue weighted by Crippen LogP contribution is -2.45. The first-order chi connectivity index (χ1) is 7.84. The van der Waals surface area contributed by atoms with E-state index >= 15 is 0 Å². The molecule has 3 heteroatoms. The van der Waals surface area contributed by atoms with E-state index in [1.54, 1.807) is 0 Å². The molecule has 0 saturated heterocycles. The molecule has 0 aliphatic heterocycles. The molecule has 1 N–H and O–H groups in total. The maximum Gasteiger partial charge on any atom is 0.224 e. The lowest BCUT2D eigenvalue weighted by molar-refractivity contribution is -0.121. The summed E-state index contributed by atoms with van der Waals surface area (Å²) in [6, 6.07) is 6.16. The highest BCUT2D eigenvalue weighted by Gasteiger charge is 2.18. The van der Waals surface area contributed by atoms with Gasteiger partial charge in [0.2, 0.25) is 5.91 Å². The fourth-order valence-corrected chi connectivity index (χ4v) is 1.69. The normalized spacial score (nSPS) is 11.4. The van der Waals surface area contributed by atoms with Crippen molar-refractivity contribution in [3.8, 4) is 0 Å². The standard InChI is InChI=1S/C14H20BrNO/c1-10-5-6-12(7-11(10)2)8-13(17)16-14(3,4)9-15/h5-7H,8-9H2,1-4H3,(H,16,17). The fraction of sp³-hybridized carbons (Fsp3) is 0.500. The lowest BCUT2D eigenvalue weighted by atomic mass is 10.0. The van der Waals surface area contributed by atoms with Crippen LogP contribution < -0.4 is 5.32 Å². The maximum atomic E-state index is 11.9. The maximum absolute atomic E-state index is 11.9. The summed E-state index contributed by atoms with van der Waals surface area (Å²) in [6.07, 6.45) is 0.442. The van der Waals surface area contributed by atoms with Crippen molar-refractivity contribution < 1.29 is 4.79 Å². The van der Waals surface area contributed by atoms with E-state index in [9.17, 15) is 4.79 Å². The molecule has 0 saturated carbocycles. The molecule has 1 rings (SSSR count). The first kappa shape index (κ1) is 14.2. The second-order valence-corrected chi connectivity index (χ2v) is 5.72. The van der Waals surface area contributed by atoms with E-state index < -0.39 is 0 Å². The molecule has 0 radical (unpaired) electrons. The summed E-state index contributed by atoms with van der Waals surface area (Å²) in [7, 11) is 0. The Labute approximate surface area is 112 Å². The summed E-state index contributed by atoms with van der Waals surface area (Å²) < 4.78 is 0. The Morgan fingerprint density at radius 1 is 1.29 bits per heavy atom. The molecule has 0 heterocycles. The molecule has 2 nitrogen and oxygen atoms in total. The van der Waals surface area contributed by atoms with Crippen molar-refractivity contribution in [3.63, 3.8) is 0 Å². The highest BCUT2D eigenvalue weighted by atomic mass is 79.9. The third-order valence-electron chi connectivity index (χ3n) is 2.75. The van der Waals surface area contributed by atoms with Gasteiger partial charge < -0.3 is 5.32 Å². The van der Waals surface area contributed by atoms with Crippen LogP contribution in [0.1, 0.15) is 30.5 Å². The number of benzene rings is 1. The van der Waals surface area contributed by atoms with Crippen molar-refractivity contribution in [1.29, 1.82) is 0 Å². The van der Waals surface area contributed by atoms with Crippen LogP contribution in [0, 0.1) is 13.8 Å². The Hall–Kier alpha value is -0.830. The van der Waals surface area contributed by atoms with Gasteiger partial charge in [0.25, 0.3) is 0 Å². The van der Waals surface area contributed by atoms with Crippen molar-refractivity contribution >= 4 is 21.8 Å². The first-order valence-corrected chi connectivity index (χ1v) is 6.89. The number of carbonyl (C=O) groups excluding carboxylic acids is 1.